The molecule has 4 heterocycles. The van der Waals surface area contributed by atoms with Gasteiger partial charge in [-0.05, 0) is 17.7 Å². The zero-order valence-corrected chi connectivity index (χ0v) is 16.7. The van der Waals surface area contributed by atoms with Crippen molar-refractivity contribution < 1.29 is 9.47 Å². The molecule has 0 atom stereocenters. The van der Waals surface area contributed by atoms with Crippen LogP contribution in [-0.4, -0.2) is 25.4 Å². The van der Waals surface area contributed by atoms with E-state index in [-0.39, 0.29) is 0 Å². The Balaban J connectivity index is 1.49. The van der Waals surface area contributed by atoms with Crippen LogP contribution in [0.15, 0.2) is 42.0 Å². The fraction of sp³-hybridized carbons (Fsp3) is 0.211. The Morgan fingerprint density at radius 3 is 3.00 bits per heavy atom. The lowest BCUT2D eigenvalue weighted by Crippen LogP contribution is -2.30. The molecule has 3 aromatic heterocycles. The minimum absolute atomic E-state index is 0.578. The summed E-state index contributed by atoms with van der Waals surface area (Å²) in [7, 11) is 0. The summed E-state index contributed by atoms with van der Waals surface area (Å²) in [5.41, 5.74) is 1.69. The molecular weight excluding hydrogens is 398 g/mol. The largest absolute Gasteiger partial charge is 0.448 e. The van der Waals surface area contributed by atoms with Gasteiger partial charge in [-0.15, -0.1) is 21.5 Å². The van der Waals surface area contributed by atoms with Crippen LogP contribution >= 0.6 is 22.9 Å². The van der Waals surface area contributed by atoms with Crippen molar-refractivity contribution in [3.05, 3.63) is 52.6 Å². The monoisotopic (exact) mass is 413 g/mol. The molecule has 4 aromatic rings. The number of thiophene rings is 1. The first-order chi connectivity index (χ1) is 13.5. The molecular formula is C19H16ClN5O2S. The van der Waals surface area contributed by atoms with E-state index >= 15 is 0 Å². The van der Waals surface area contributed by atoms with E-state index in [9.17, 15) is 0 Å². The van der Waals surface area contributed by atoms with Crippen molar-refractivity contribution in [3.8, 4) is 22.2 Å². The Bertz CT molecular complexity index is 1190. The quantitative estimate of drug-likeness (QED) is 0.526. The number of nitrogens with zero attached hydrogens (tertiary/aromatic N) is 4. The molecule has 0 fully saturated rings. The minimum Gasteiger partial charge on any atom is -0.448 e. The second kappa shape index (κ2) is 6.35. The molecule has 1 aliphatic rings. The maximum atomic E-state index is 6.06. The zero-order chi connectivity index (χ0) is 19.3. The highest BCUT2D eigenvalue weighted by molar-refractivity contribution is 7.14. The summed E-state index contributed by atoms with van der Waals surface area (Å²) in [4.78, 5) is 5.29. The van der Waals surface area contributed by atoms with Crippen molar-refractivity contribution in [3.63, 3.8) is 0 Å². The van der Waals surface area contributed by atoms with E-state index < -0.39 is 5.79 Å². The lowest BCUT2D eigenvalue weighted by molar-refractivity contribution is -0.0430. The van der Waals surface area contributed by atoms with E-state index in [1.807, 2.05) is 54.1 Å². The first-order valence-corrected chi connectivity index (χ1v) is 9.94. The van der Waals surface area contributed by atoms with Crippen molar-refractivity contribution in [1.82, 2.24) is 19.6 Å². The highest BCUT2D eigenvalue weighted by Gasteiger charge is 2.36. The van der Waals surface area contributed by atoms with Gasteiger partial charge in [0.1, 0.15) is 4.88 Å². The van der Waals surface area contributed by atoms with Gasteiger partial charge in [0, 0.05) is 43.2 Å². The van der Waals surface area contributed by atoms with Crippen molar-refractivity contribution in [1.29, 1.82) is 0 Å². The molecule has 0 unspecified atom stereocenters. The fourth-order valence-corrected chi connectivity index (χ4v) is 4.21. The third kappa shape index (κ3) is 2.94. The lowest BCUT2D eigenvalue weighted by Gasteiger charge is -2.17. The third-order valence-electron chi connectivity index (χ3n) is 4.30. The van der Waals surface area contributed by atoms with Gasteiger partial charge in [0.05, 0.1) is 0 Å². The molecule has 0 saturated carbocycles. The number of benzene rings is 1. The molecule has 142 valence electrons. The normalized spacial score (nSPS) is 14.5. The molecule has 7 nitrogen and oxygen atoms in total. The van der Waals surface area contributed by atoms with E-state index in [0.717, 1.165) is 16.2 Å². The summed E-state index contributed by atoms with van der Waals surface area (Å²) in [5, 5.41) is 14.7. The van der Waals surface area contributed by atoms with E-state index in [1.165, 1.54) is 11.3 Å². The number of hydrogen-bond donors (Lipinski definition) is 1. The van der Waals surface area contributed by atoms with Gasteiger partial charge in [0.25, 0.3) is 0 Å². The van der Waals surface area contributed by atoms with Crippen LogP contribution in [0.5, 0.6) is 11.5 Å². The van der Waals surface area contributed by atoms with E-state index in [4.69, 9.17) is 21.1 Å². The molecule has 1 N–H and O–H groups in total. The summed E-state index contributed by atoms with van der Waals surface area (Å²) >= 11 is 7.57. The lowest BCUT2D eigenvalue weighted by atomic mass is 10.2. The van der Waals surface area contributed by atoms with Gasteiger partial charge < -0.3 is 14.8 Å². The molecule has 28 heavy (non-hydrogen) atoms. The molecule has 0 amide bonds. The second-order valence-corrected chi connectivity index (χ2v) is 8.15. The molecule has 0 spiro atoms. The van der Waals surface area contributed by atoms with Gasteiger partial charge in [0.2, 0.25) is 11.4 Å². The Labute approximate surface area is 169 Å². The zero-order valence-electron chi connectivity index (χ0n) is 15.1. The standard InChI is InChI=1S/C19H16ClN5O2S/c1-19(2)26-13-10-28-15(14(13)27-19)17-23-24-18-16(21-6-7-25(17)18)22-9-11-4-3-5-12(20)8-11/h3-8,10H,9H2,1-2H3,(H,21,22). The molecule has 0 aliphatic carbocycles. The Kier molecular flexibility index (Phi) is 3.92. The number of aromatic nitrogens is 4. The van der Waals surface area contributed by atoms with Crippen LogP contribution in [0, 0.1) is 0 Å². The molecule has 5 rings (SSSR count). The van der Waals surface area contributed by atoms with Gasteiger partial charge in [-0.2, -0.15) is 0 Å². The highest BCUT2D eigenvalue weighted by atomic mass is 35.5. The summed E-state index contributed by atoms with van der Waals surface area (Å²) in [6, 6.07) is 7.69. The minimum atomic E-state index is -0.681. The van der Waals surface area contributed by atoms with E-state index in [2.05, 4.69) is 20.5 Å². The Hall–Kier alpha value is -2.84. The van der Waals surface area contributed by atoms with Crippen LogP contribution in [0.25, 0.3) is 16.3 Å². The smallest absolute Gasteiger partial charge is 0.246 e. The molecule has 0 radical (unpaired) electrons. The van der Waals surface area contributed by atoms with Crippen molar-refractivity contribution in [2.75, 3.05) is 5.32 Å². The SMILES string of the molecule is CC1(C)Oc2csc(-c3nnc4c(NCc5cccc(Cl)c5)nccn34)c2O1. The predicted octanol–water partition coefficient (Wildman–Crippen LogP) is 4.63. The van der Waals surface area contributed by atoms with E-state index in [1.54, 1.807) is 6.20 Å². The van der Waals surface area contributed by atoms with Gasteiger partial charge in [-0.3, -0.25) is 4.40 Å². The van der Waals surface area contributed by atoms with E-state index in [0.29, 0.717) is 34.6 Å². The Morgan fingerprint density at radius 2 is 2.14 bits per heavy atom. The average molecular weight is 414 g/mol. The van der Waals surface area contributed by atoms with Crippen molar-refractivity contribution >= 4 is 34.4 Å². The van der Waals surface area contributed by atoms with Crippen LogP contribution in [0.3, 0.4) is 0 Å². The summed E-state index contributed by atoms with van der Waals surface area (Å²) in [6.07, 6.45) is 3.55. The number of rotatable bonds is 4. The summed E-state index contributed by atoms with van der Waals surface area (Å²) < 4.78 is 13.6. The Morgan fingerprint density at radius 1 is 1.25 bits per heavy atom. The van der Waals surface area contributed by atoms with Crippen LogP contribution in [-0.2, 0) is 6.54 Å². The van der Waals surface area contributed by atoms with Crippen molar-refractivity contribution in [2.24, 2.45) is 0 Å². The summed E-state index contributed by atoms with van der Waals surface area (Å²) in [6.45, 7) is 4.34. The molecule has 1 aromatic carbocycles. The third-order valence-corrected chi connectivity index (χ3v) is 5.47. The number of hydrogen-bond acceptors (Lipinski definition) is 7. The fourth-order valence-electron chi connectivity index (χ4n) is 3.12. The molecule has 0 saturated heterocycles. The van der Waals surface area contributed by atoms with Crippen LogP contribution in [0.2, 0.25) is 5.02 Å². The van der Waals surface area contributed by atoms with Crippen molar-refractivity contribution in [2.45, 2.75) is 26.2 Å². The number of nitrogens with one attached hydrogen (secondary N) is 1. The average Bonchev–Trinajstić information content (AvgIpc) is 3.31. The van der Waals surface area contributed by atoms with Crippen LogP contribution in [0.4, 0.5) is 5.82 Å². The highest BCUT2D eigenvalue weighted by Crippen LogP contribution is 2.50. The number of anilines is 1. The van der Waals surface area contributed by atoms with Gasteiger partial charge in [-0.1, -0.05) is 23.7 Å². The first-order valence-electron chi connectivity index (χ1n) is 8.68. The first kappa shape index (κ1) is 17.3. The molecule has 1 aliphatic heterocycles. The maximum absolute atomic E-state index is 6.06. The predicted molar refractivity (Wildman–Crippen MR) is 108 cm³/mol. The molecule has 0 bridgehead atoms. The van der Waals surface area contributed by atoms with Gasteiger partial charge in [-0.25, -0.2) is 4.98 Å². The van der Waals surface area contributed by atoms with Gasteiger partial charge >= 0.3 is 0 Å². The summed E-state index contributed by atoms with van der Waals surface area (Å²) in [5.74, 6) is 2.09. The van der Waals surface area contributed by atoms with Gasteiger partial charge in [0.15, 0.2) is 23.1 Å². The topological polar surface area (TPSA) is 73.6 Å². The number of fused-ring (bicyclic) bond motifs is 2. The van der Waals surface area contributed by atoms with Crippen LogP contribution in [0.1, 0.15) is 19.4 Å². The molecule has 9 heteroatoms. The number of ether oxygens (including phenoxy) is 2. The number of halogens is 1. The second-order valence-electron chi connectivity index (χ2n) is 6.84. The maximum Gasteiger partial charge on any atom is 0.246 e. The van der Waals surface area contributed by atoms with Crippen LogP contribution < -0.4 is 14.8 Å².